The van der Waals surface area contributed by atoms with E-state index >= 15 is 0 Å². The van der Waals surface area contributed by atoms with E-state index < -0.39 is 10.0 Å². The van der Waals surface area contributed by atoms with Crippen molar-refractivity contribution in [1.29, 1.82) is 0 Å². The highest BCUT2D eigenvalue weighted by molar-refractivity contribution is 9.10. The summed E-state index contributed by atoms with van der Waals surface area (Å²) in [7, 11) is -3.84. The molecule has 1 aromatic carbocycles. The zero-order valence-electron chi connectivity index (χ0n) is 10.7. The van der Waals surface area contributed by atoms with Gasteiger partial charge in [0, 0.05) is 17.1 Å². The molecule has 108 valence electrons. The van der Waals surface area contributed by atoms with Gasteiger partial charge in [0.15, 0.2) is 5.03 Å². The van der Waals surface area contributed by atoms with Gasteiger partial charge in [0.1, 0.15) is 11.6 Å². The Morgan fingerprint density at radius 2 is 2.15 bits per heavy atom. The van der Waals surface area contributed by atoms with Gasteiger partial charge in [0.2, 0.25) is 0 Å². The molecule has 0 saturated heterocycles. The number of aryl methyl sites for hydroxylation is 1. The van der Waals surface area contributed by atoms with Gasteiger partial charge in [0.05, 0.1) is 6.54 Å². The number of nitrogens with two attached hydrogens (primary N) is 1. The van der Waals surface area contributed by atoms with Crippen molar-refractivity contribution in [2.24, 2.45) is 5.14 Å². The average molecular weight is 362 g/mol. The minimum atomic E-state index is -3.84. The van der Waals surface area contributed by atoms with E-state index in [4.69, 9.17) is 5.14 Å². The predicted octanol–water partition coefficient (Wildman–Crippen LogP) is 2.04. The summed E-state index contributed by atoms with van der Waals surface area (Å²) in [5.41, 5.74) is 0.693. The number of imidazole rings is 1. The number of nitrogens with zero attached hydrogens (tertiary/aromatic N) is 2. The Bertz CT molecular complexity index is 743. The Morgan fingerprint density at radius 3 is 2.75 bits per heavy atom. The molecule has 0 aliphatic carbocycles. The van der Waals surface area contributed by atoms with Crippen molar-refractivity contribution in [3.8, 4) is 0 Å². The Hall–Kier alpha value is -1.25. The number of hydrogen-bond acceptors (Lipinski definition) is 3. The lowest BCUT2D eigenvalue weighted by atomic mass is 10.2. The normalized spacial score (nSPS) is 11.8. The van der Waals surface area contributed by atoms with Crippen molar-refractivity contribution < 1.29 is 12.8 Å². The Labute approximate surface area is 124 Å². The molecule has 0 unspecified atom stereocenters. The number of rotatable bonds is 4. The summed E-state index contributed by atoms with van der Waals surface area (Å²) in [5.74, 6) is 0.221. The molecule has 20 heavy (non-hydrogen) atoms. The molecule has 0 spiro atoms. The summed E-state index contributed by atoms with van der Waals surface area (Å²) in [6.45, 7) is 2.16. The van der Waals surface area contributed by atoms with E-state index in [0.29, 0.717) is 24.4 Å². The van der Waals surface area contributed by atoms with Crippen molar-refractivity contribution in [2.45, 2.75) is 24.9 Å². The molecule has 2 aromatic rings. The molecule has 0 atom stereocenters. The number of benzene rings is 1. The summed E-state index contributed by atoms with van der Waals surface area (Å²) >= 11 is 3.34. The zero-order valence-corrected chi connectivity index (χ0v) is 13.1. The first kappa shape index (κ1) is 15.1. The van der Waals surface area contributed by atoms with Crippen LogP contribution in [0.2, 0.25) is 0 Å². The highest BCUT2D eigenvalue weighted by Crippen LogP contribution is 2.20. The smallest absolute Gasteiger partial charge is 0.257 e. The van der Waals surface area contributed by atoms with Crippen LogP contribution in [0, 0.1) is 5.82 Å². The molecule has 0 amide bonds. The van der Waals surface area contributed by atoms with Gasteiger partial charge >= 0.3 is 0 Å². The molecule has 1 heterocycles. The first-order valence-electron chi connectivity index (χ1n) is 5.84. The van der Waals surface area contributed by atoms with Crippen LogP contribution in [0.15, 0.2) is 33.9 Å². The number of aromatic nitrogens is 2. The maximum atomic E-state index is 13.3. The van der Waals surface area contributed by atoms with Crippen LogP contribution in [0.4, 0.5) is 4.39 Å². The third kappa shape index (κ3) is 3.25. The van der Waals surface area contributed by atoms with Gasteiger partial charge in [-0.05, 0) is 23.8 Å². The highest BCUT2D eigenvalue weighted by Gasteiger charge is 2.16. The third-order valence-electron chi connectivity index (χ3n) is 2.79. The largest absolute Gasteiger partial charge is 0.329 e. The predicted molar refractivity (Wildman–Crippen MR) is 76.2 cm³/mol. The maximum Gasteiger partial charge on any atom is 0.257 e. The van der Waals surface area contributed by atoms with Crippen molar-refractivity contribution in [1.82, 2.24) is 9.55 Å². The van der Waals surface area contributed by atoms with Crippen LogP contribution in [0.1, 0.15) is 18.3 Å². The van der Waals surface area contributed by atoms with Crippen LogP contribution in [0.3, 0.4) is 0 Å². The topological polar surface area (TPSA) is 78.0 Å². The number of hydrogen-bond donors (Lipinski definition) is 1. The Kier molecular flexibility index (Phi) is 4.26. The fraction of sp³-hybridized carbons (Fsp3) is 0.250. The highest BCUT2D eigenvalue weighted by atomic mass is 79.9. The summed E-state index contributed by atoms with van der Waals surface area (Å²) in [5, 5.41) is 4.89. The first-order chi connectivity index (χ1) is 9.31. The van der Waals surface area contributed by atoms with E-state index in [1.807, 2.05) is 6.92 Å². The maximum absolute atomic E-state index is 13.3. The van der Waals surface area contributed by atoms with E-state index in [2.05, 4.69) is 20.9 Å². The van der Waals surface area contributed by atoms with Gasteiger partial charge in [0.25, 0.3) is 10.0 Å². The lowest BCUT2D eigenvalue weighted by Crippen LogP contribution is -2.12. The van der Waals surface area contributed by atoms with Gasteiger partial charge in [-0.25, -0.2) is 22.9 Å². The van der Waals surface area contributed by atoms with E-state index in [-0.39, 0.29) is 10.8 Å². The quantitative estimate of drug-likeness (QED) is 0.904. The van der Waals surface area contributed by atoms with E-state index in [9.17, 15) is 12.8 Å². The molecular formula is C12H13BrFN3O2S. The lowest BCUT2D eigenvalue weighted by Gasteiger charge is -2.08. The molecule has 0 aliphatic heterocycles. The minimum absolute atomic E-state index is 0.179. The molecule has 0 saturated carbocycles. The van der Waals surface area contributed by atoms with Crippen LogP contribution in [0.5, 0.6) is 0 Å². The number of sulfonamides is 1. The fourth-order valence-electron chi connectivity index (χ4n) is 1.83. The van der Waals surface area contributed by atoms with Gasteiger partial charge in [-0.15, -0.1) is 0 Å². The van der Waals surface area contributed by atoms with Crippen LogP contribution >= 0.6 is 15.9 Å². The number of primary sulfonamides is 1. The SMILES string of the molecule is CCc1nc(S(N)(=O)=O)cn1Cc1cc(F)ccc1Br. The molecule has 1 aromatic heterocycles. The molecular weight excluding hydrogens is 349 g/mol. The van der Waals surface area contributed by atoms with Crippen LogP contribution in [0.25, 0.3) is 0 Å². The average Bonchev–Trinajstić information content (AvgIpc) is 2.77. The second kappa shape index (κ2) is 5.63. The molecule has 0 bridgehead atoms. The second-order valence-electron chi connectivity index (χ2n) is 4.26. The molecule has 0 aliphatic rings. The van der Waals surface area contributed by atoms with Gasteiger partial charge < -0.3 is 4.57 Å². The third-order valence-corrected chi connectivity index (χ3v) is 4.35. The van der Waals surface area contributed by atoms with E-state index in [0.717, 1.165) is 4.47 Å². The number of halogens is 2. The second-order valence-corrected chi connectivity index (χ2v) is 6.62. The van der Waals surface area contributed by atoms with Gasteiger partial charge in [-0.1, -0.05) is 22.9 Å². The lowest BCUT2D eigenvalue weighted by molar-refractivity contribution is 0.594. The van der Waals surface area contributed by atoms with Crippen LogP contribution in [-0.4, -0.2) is 18.0 Å². The molecule has 0 fully saturated rings. The molecule has 2 rings (SSSR count). The Morgan fingerprint density at radius 1 is 1.45 bits per heavy atom. The molecule has 0 radical (unpaired) electrons. The van der Waals surface area contributed by atoms with E-state index in [1.54, 1.807) is 10.6 Å². The molecule has 8 heteroatoms. The Balaban J connectivity index is 2.43. The van der Waals surface area contributed by atoms with Crippen molar-refractivity contribution in [3.05, 3.63) is 46.1 Å². The van der Waals surface area contributed by atoms with E-state index in [1.165, 1.54) is 18.3 Å². The van der Waals surface area contributed by atoms with Crippen LogP contribution < -0.4 is 5.14 Å². The molecule has 5 nitrogen and oxygen atoms in total. The van der Waals surface area contributed by atoms with Crippen molar-refractivity contribution >= 4 is 26.0 Å². The van der Waals surface area contributed by atoms with Gasteiger partial charge in [-0.3, -0.25) is 0 Å². The van der Waals surface area contributed by atoms with Crippen LogP contribution in [-0.2, 0) is 23.0 Å². The standard InChI is InChI=1S/C12H13BrFN3O2S/c1-2-11-16-12(20(15,18)19)7-17(11)6-8-5-9(14)3-4-10(8)13/h3-5,7H,2,6H2,1H3,(H2,15,18,19). The fourth-order valence-corrected chi connectivity index (χ4v) is 2.71. The zero-order chi connectivity index (χ0) is 14.9. The summed E-state index contributed by atoms with van der Waals surface area (Å²) in [6.07, 6.45) is 1.91. The summed E-state index contributed by atoms with van der Waals surface area (Å²) < 4.78 is 38.3. The van der Waals surface area contributed by atoms with Crippen molar-refractivity contribution in [2.75, 3.05) is 0 Å². The summed E-state index contributed by atoms with van der Waals surface area (Å²) in [4.78, 5) is 3.99. The molecule has 2 N–H and O–H groups in total. The first-order valence-corrected chi connectivity index (χ1v) is 8.18. The summed E-state index contributed by atoms with van der Waals surface area (Å²) in [6, 6.07) is 4.34. The monoisotopic (exact) mass is 361 g/mol. The van der Waals surface area contributed by atoms with Gasteiger partial charge in [-0.2, -0.15) is 0 Å². The minimum Gasteiger partial charge on any atom is -0.329 e. The van der Waals surface area contributed by atoms with Crippen molar-refractivity contribution in [3.63, 3.8) is 0 Å².